The molecule has 2 aliphatic rings. The van der Waals surface area contributed by atoms with Crippen LogP contribution in [0.2, 0.25) is 0 Å². The summed E-state index contributed by atoms with van der Waals surface area (Å²) >= 11 is 0. The molecule has 1 amide bonds. The van der Waals surface area contributed by atoms with Gasteiger partial charge in [0.15, 0.2) is 0 Å². The van der Waals surface area contributed by atoms with Crippen molar-refractivity contribution < 1.29 is 9.53 Å². The highest BCUT2D eigenvalue weighted by Gasteiger charge is 2.19. The van der Waals surface area contributed by atoms with Gasteiger partial charge in [0.05, 0.1) is 6.10 Å². The first-order valence-electron chi connectivity index (χ1n) is 9.41. The minimum Gasteiger partial charge on any atom is -0.377 e. The molecular weight excluding hydrogens is 300 g/mol. The Morgan fingerprint density at radius 3 is 2.79 bits per heavy atom. The molecule has 3 rings (SSSR count). The van der Waals surface area contributed by atoms with Crippen molar-refractivity contribution in [2.75, 3.05) is 33.3 Å². The number of likely N-dealkylation sites (tertiary alicyclic amines) is 1. The Kier molecular flexibility index (Phi) is 6.27. The third-order valence-electron chi connectivity index (χ3n) is 5.06. The van der Waals surface area contributed by atoms with Crippen molar-refractivity contribution in [2.24, 2.45) is 0 Å². The van der Waals surface area contributed by atoms with Crippen LogP contribution in [0.15, 0.2) is 24.3 Å². The molecule has 24 heavy (non-hydrogen) atoms. The fraction of sp³-hybridized carbons (Fsp3) is 0.650. The Hall–Kier alpha value is -1.39. The van der Waals surface area contributed by atoms with Crippen molar-refractivity contribution >= 4 is 5.91 Å². The molecule has 0 radical (unpaired) electrons. The van der Waals surface area contributed by atoms with E-state index in [1.54, 1.807) is 0 Å². The molecule has 0 aromatic heterocycles. The van der Waals surface area contributed by atoms with Gasteiger partial charge in [-0.05, 0) is 63.3 Å². The first kappa shape index (κ1) is 17.4. The summed E-state index contributed by atoms with van der Waals surface area (Å²) < 4.78 is 5.83. The number of hydrogen-bond donors (Lipinski definition) is 0. The number of nitrogens with zero attached hydrogens (tertiary/aromatic N) is 2. The van der Waals surface area contributed by atoms with Crippen LogP contribution in [0, 0.1) is 0 Å². The molecule has 0 N–H and O–H groups in total. The van der Waals surface area contributed by atoms with Crippen LogP contribution in [-0.4, -0.2) is 55.1 Å². The largest absolute Gasteiger partial charge is 0.377 e. The van der Waals surface area contributed by atoms with Crippen LogP contribution in [0.4, 0.5) is 0 Å². The highest BCUT2D eigenvalue weighted by atomic mass is 16.5. The van der Waals surface area contributed by atoms with Gasteiger partial charge in [0, 0.05) is 38.3 Å². The zero-order chi connectivity index (χ0) is 16.8. The van der Waals surface area contributed by atoms with Crippen molar-refractivity contribution in [1.29, 1.82) is 0 Å². The summed E-state index contributed by atoms with van der Waals surface area (Å²) in [4.78, 5) is 17.0. The topological polar surface area (TPSA) is 32.8 Å². The van der Waals surface area contributed by atoms with E-state index in [-0.39, 0.29) is 5.91 Å². The summed E-state index contributed by atoms with van der Waals surface area (Å²) in [7, 11) is 2.14. The Bertz CT molecular complexity index is 534. The van der Waals surface area contributed by atoms with E-state index in [1.807, 2.05) is 17.0 Å². The van der Waals surface area contributed by atoms with Crippen molar-refractivity contribution in [3.63, 3.8) is 0 Å². The number of carbonyl (C=O) groups excluding carboxylic acids is 1. The van der Waals surface area contributed by atoms with Gasteiger partial charge in [0.1, 0.15) is 0 Å². The number of ether oxygens (including phenoxy) is 1. The Balaban J connectivity index is 1.56. The summed E-state index contributed by atoms with van der Waals surface area (Å²) in [6.45, 7) is 4.54. The number of amides is 1. The highest BCUT2D eigenvalue weighted by molar-refractivity contribution is 5.94. The molecule has 0 bridgehead atoms. The van der Waals surface area contributed by atoms with Crippen LogP contribution >= 0.6 is 0 Å². The van der Waals surface area contributed by atoms with Gasteiger partial charge in [-0.3, -0.25) is 9.69 Å². The monoisotopic (exact) mass is 330 g/mol. The summed E-state index contributed by atoms with van der Waals surface area (Å²) in [5.41, 5.74) is 2.04. The minimum atomic E-state index is 0.190. The molecule has 0 saturated carbocycles. The molecule has 2 fully saturated rings. The number of hydrogen-bond acceptors (Lipinski definition) is 3. The molecule has 1 aromatic rings. The summed E-state index contributed by atoms with van der Waals surface area (Å²) in [6, 6.07) is 8.14. The van der Waals surface area contributed by atoms with Crippen LogP contribution in [-0.2, 0) is 11.3 Å². The van der Waals surface area contributed by atoms with E-state index in [1.165, 1.54) is 24.8 Å². The zero-order valence-corrected chi connectivity index (χ0v) is 14.9. The predicted octanol–water partition coefficient (Wildman–Crippen LogP) is 3.31. The standard InChI is InChI=1S/C20H30N2O2/c1-21(16-19-10-3-6-13-24-19)15-17-8-7-9-18(14-17)20(23)22-11-4-2-5-12-22/h7-9,14,19H,2-6,10-13,15-16H2,1H3. The lowest BCUT2D eigenvalue weighted by atomic mass is 10.1. The van der Waals surface area contributed by atoms with E-state index < -0.39 is 0 Å². The Morgan fingerprint density at radius 2 is 2.04 bits per heavy atom. The van der Waals surface area contributed by atoms with E-state index in [2.05, 4.69) is 24.1 Å². The lowest BCUT2D eigenvalue weighted by Gasteiger charge is -2.28. The molecule has 1 atom stereocenters. The van der Waals surface area contributed by atoms with Crippen LogP contribution in [0.3, 0.4) is 0 Å². The smallest absolute Gasteiger partial charge is 0.253 e. The van der Waals surface area contributed by atoms with Gasteiger partial charge in [-0.2, -0.15) is 0 Å². The zero-order valence-electron chi connectivity index (χ0n) is 14.9. The van der Waals surface area contributed by atoms with E-state index in [4.69, 9.17) is 4.74 Å². The summed E-state index contributed by atoms with van der Waals surface area (Å²) in [5, 5.41) is 0. The van der Waals surface area contributed by atoms with Crippen LogP contribution in [0.1, 0.15) is 54.4 Å². The fourth-order valence-electron chi connectivity index (χ4n) is 3.76. The van der Waals surface area contributed by atoms with Crippen LogP contribution in [0.5, 0.6) is 0 Å². The Labute approximate surface area is 145 Å². The molecule has 4 heteroatoms. The molecule has 2 saturated heterocycles. The third-order valence-corrected chi connectivity index (χ3v) is 5.06. The maximum atomic E-state index is 12.6. The lowest BCUT2D eigenvalue weighted by Crippen LogP contribution is -2.35. The number of rotatable bonds is 5. The minimum absolute atomic E-state index is 0.190. The fourth-order valence-corrected chi connectivity index (χ4v) is 3.76. The molecule has 0 spiro atoms. The van der Waals surface area contributed by atoms with E-state index in [9.17, 15) is 4.79 Å². The van der Waals surface area contributed by atoms with Gasteiger partial charge in [0.25, 0.3) is 5.91 Å². The SMILES string of the molecule is CN(Cc1cccc(C(=O)N2CCCCC2)c1)CC1CCCCO1. The van der Waals surface area contributed by atoms with Gasteiger partial charge in [0.2, 0.25) is 0 Å². The van der Waals surface area contributed by atoms with Gasteiger partial charge in [-0.15, -0.1) is 0 Å². The molecule has 1 unspecified atom stereocenters. The van der Waals surface area contributed by atoms with Gasteiger partial charge in [-0.1, -0.05) is 12.1 Å². The summed E-state index contributed by atoms with van der Waals surface area (Å²) in [5.74, 6) is 0.190. The molecule has 4 nitrogen and oxygen atoms in total. The van der Waals surface area contributed by atoms with E-state index >= 15 is 0 Å². The van der Waals surface area contributed by atoms with Crippen molar-refractivity contribution in [2.45, 2.75) is 51.2 Å². The molecule has 2 heterocycles. The highest BCUT2D eigenvalue weighted by Crippen LogP contribution is 2.17. The lowest BCUT2D eigenvalue weighted by molar-refractivity contribution is -0.00259. The average Bonchev–Trinajstić information content (AvgIpc) is 2.63. The van der Waals surface area contributed by atoms with E-state index in [0.29, 0.717) is 6.10 Å². The maximum Gasteiger partial charge on any atom is 0.253 e. The summed E-state index contributed by atoms with van der Waals surface area (Å²) in [6.07, 6.45) is 7.52. The number of benzene rings is 1. The molecular formula is C20H30N2O2. The molecule has 1 aromatic carbocycles. The van der Waals surface area contributed by atoms with Crippen molar-refractivity contribution in [3.05, 3.63) is 35.4 Å². The number of likely N-dealkylation sites (N-methyl/N-ethyl adjacent to an activating group) is 1. The van der Waals surface area contributed by atoms with Gasteiger partial charge in [-0.25, -0.2) is 0 Å². The second kappa shape index (κ2) is 8.63. The molecule has 2 aliphatic heterocycles. The number of carbonyl (C=O) groups is 1. The Morgan fingerprint density at radius 1 is 1.21 bits per heavy atom. The normalized spacial score (nSPS) is 21.9. The van der Waals surface area contributed by atoms with Gasteiger partial charge < -0.3 is 9.64 Å². The molecule has 132 valence electrons. The second-order valence-corrected chi connectivity index (χ2v) is 7.24. The van der Waals surface area contributed by atoms with Crippen molar-refractivity contribution in [3.8, 4) is 0 Å². The van der Waals surface area contributed by atoms with Crippen LogP contribution < -0.4 is 0 Å². The first-order chi connectivity index (χ1) is 11.7. The average molecular weight is 330 g/mol. The third kappa shape index (κ3) is 4.81. The van der Waals surface area contributed by atoms with Gasteiger partial charge >= 0.3 is 0 Å². The van der Waals surface area contributed by atoms with Crippen molar-refractivity contribution in [1.82, 2.24) is 9.80 Å². The second-order valence-electron chi connectivity index (χ2n) is 7.24. The number of piperidine rings is 1. The van der Waals surface area contributed by atoms with Crippen LogP contribution in [0.25, 0.3) is 0 Å². The quantitative estimate of drug-likeness (QED) is 0.830. The first-order valence-corrected chi connectivity index (χ1v) is 9.41. The predicted molar refractivity (Wildman–Crippen MR) is 96.1 cm³/mol. The van der Waals surface area contributed by atoms with E-state index in [0.717, 1.165) is 57.6 Å². The maximum absolute atomic E-state index is 12.6. The molecule has 0 aliphatic carbocycles.